The van der Waals surface area contributed by atoms with Gasteiger partial charge in [-0.15, -0.1) is 45.3 Å². The Bertz CT molecular complexity index is 2060. The van der Waals surface area contributed by atoms with Gasteiger partial charge in [0.1, 0.15) is 26.3 Å². The number of rotatable bonds is 5. The number of para-hydroxylation sites is 2. The molecule has 6 aromatic rings. The highest BCUT2D eigenvalue weighted by atomic mass is 32.1. The molecule has 2 amide bonds. The van der Waals surface area contributed by atoms with Crippen molar-refractivity contribution in [1.29, 1.82) is 0 Å². The fraction of sp³-hybridized carbons (Fsp3) is 0.306. The highest BCUT2D eigenvalue weighted by Crippen LogP contribution is 2.46. The summed E-state index contributed by atoms with van der Waals surface area (Å²) in [6.45, 7) is 11.7. The van der Waals surface area contributed by atoms with E-state index in [0.29, 0.717) is 0 Å². The minimum Gasteiger partial charge on any atom is -0.317 e. The standard InChI is InChI=1S/C18H19N3OS2.C16H15N3OS2.C2H4O/c1-3-21-9-8-12-15(10-21)24-17(19-11(2)22)16(12)18-20-13-6-4-5-7-14(13)23-18;1-9(20)18-15-14(10-6-7-17-8-13(10)22-15)16-19-11-4-2-3-5-12(11)21-16;1-2-3/h4-7H,3,8-10H2,1-2H3,(H,19,22);2-5,17H,6-8H2,1H3,(H,18,20);2H,1H3. The Morgan fingerprint density at radius 1 is 0.816 bits per heavy atom. The highest BCUT2D eigenvalue weighted by molar-refractivity contribution is 7.23. The number of thiazole rings is 2. The summed E-state index contributed by atoms with van der Waals surface area (Å²) < 4.78 is 2.37. The summed E-state index contributed by atoms with van der Waals surface area (Å²) in [5.74, 6) is -0.0581. The average Bonchev–Trinajstić information content (AvgIpc) is 3.85. The lowest BCUT2D eigenvalue weighted by atomic mass is 10.0. The Labute approximate surface area is 301 Å². The van der Waals surface area contributed by atoms with Gasteiger partial charge in [-0.3, -0.25) is 14.5 Å². The number of fused-ring (bicyclic) bond motifs is 4. The molecular formula is C36H38N6O3S4. The van der Waals surface area contributed by atoms with Crippen LogP contribution in [0.15, 0.2) is 48.5 Å². The Kier molecular flexibility index (Phi) is 11.3. The van der Waals surface area contributed by atoms with E-state index in [1.165, 1.54) is 37.2 Å². The first-order chi connectivity index (χ1) is 23.8. The molecule has 0 saturated heterocycles. The molecule has 0 atom stereocenters. The minimum absolute atomic E-state index is 0.0247. The van der Waals surface area contributed by atoms with Crippen LogP contribution in [0, 0.1) is 0 Å². The fourth-order valence-corrected chi connectivity index (χ4v) is 10.8. The Morgan fingerprint density at radius 3 is 1.84 bits per heavy atom. The summed E-state index contributed by atoms with van der Waals surface area (Å²) >= 11 is 6.77. The van der Waals surface area contributed by atoms with Crippen LogP contribution in [0.25, 0.3) is 41.6 Å². The van der Waals surface area contributed by atoms with E-state index in [0.717, 1.165) is 94.0 Å². The second-order valence-corrected chi connectivity index (χ2v) is 15.8. The summed E-state index contributed by atoms with van der Waals surface area (Å²) in [5.41, 5.74) is 7.02. The van der Waals surface area contributed by atoms with Crippen LogP contribution in [0.4, 0.5) is 10.0 Å². The third kappa shape index (κ3) is 7.82. The van der Waals surface area contributed by atoms with Gasteiger partial charge in [-0.25, -0.2) is 9.97 Å². The van der Waals surface area contributed by atoms with E-state index in [9.17, 15) is 9.59 Å². The van der Waals surface area contributed by atoms with Gasteiger partial charge in [0.15, 0.2) is 0 Å². The zero-order valence-electron chi connectivity index (χ0n) is 27.8. The van der Waals surface area contributed by atoms with Gasteiger partial charge in [0.05, 0.1) is 20.4 Å². The van der Waals surface area contributed by atoms with E-state index >= 15 is 0 Å². The van der Waals surface area contributed by atoms with Crippen molar-refractivity contribution in [1.82, 2.24) is 20.2 Å². The summed E-state index contributed by atoms with van der Waals surface area (Å²) in [6.07, 6.45) is 2.75. The number of carbonyl (C=O) groups excluding carboxylic acids is 3. The number of aromatic nitrogens is 2. The zero-order chi connectivity index (χ0) is 34.5. The minimum atomic E-state index is -0.0334. The second kappa shape index (κ2) is 15.8. The monoisotopic (exact) mass is 730 g/mol. The fourth-order valence-electron chi connectivity index (χ4n) is 5.97. The van der Waals surface area contributed by atoms with Crippen molar-refractivity contribution >= 4 is 93.9 Å². The van der Waals surface area contributed by atoms with E-state index in [1.54, 1.807) is 59.2 Å². The van der Waals surface area contributed by atoms with Crippen LogP contribution < -0.4 is 16.0 Å². The maximum atomic E-state index is 11.7. The Hall–Kier alpha value is -3.85. The number of carbonyl (C=O) groups is 3. The number of aldehydes is 1. The smallest absolute Gasteiger partial charge is 0.221 e. The van der Waals surface area contributed by atoms with Gasteiger partial charge in [0.25, 0.3) is 0 Å². The molecule has 0 bridgehead atoms. The van der Waals surface area contributed by atoms with Crippen molar-refractivity contribution in [2.45, 2.75) is 53.6 Å². The van der Waals surface area contributed by atoms with Gasteiger partial charge in [0, 0.05) is 54.4 Å². The van der Waals surface area contributed by atoms with E-state index in [-0.39, 0.29) is 11.8 Å². The molecule has 2 aliphatic heterocycles. The molecule has 4 aromatic heterocycles. The summed E-state index contributed by atoms with van der Waals surface area (Å²) in [7, 11) is 0. The lowest BCUT2D eigenvalue weighted by molar-refractivity contribution is -0.115. The van der Waals surface area contributed by atoms with Crippen LogP contribution in [-0.2, 0) is 40.3 Å². The zero-order valence-corrected chi connectivity index (χ0v) is 31.1. The van der Waals surface area contributed by atoms with Gasteiger partial charge in [-0.2, -0.15) is 0 Å². The molecule has 6 heterocycles. The van der Waals surface area contributed by atoms with Gasteiger partial charge < -0.3 is 20.7 Å². The molecule has 3 N–H and O–H groups in total. The Balaban J connectivity index is 0.000000158. The molecule has 13 heteroatoms. The number of hydrogen-bond donors (Lipinski definition) is 3. The molecule has 0 unspecified atom stereocenters. The summed E-state index contributed by atoms with van der Waals surface area (Å²) in [6, 6.07) is 16.4. The highest BCUT2D eigenvalue weighted by Gasteiger charge is 2.27. The average molecular weight is 731 g/mol. The third-order valence-electron chi connectivity index (χ3n) is 8.11. The first-order valence-corrected chi connectivity index (χ1v) is 19.4. The van der Waals surface area contributed by atoms with Crippen molar-refractivity contribution in [3.63, 3.8) is 0 Å². The lowest BCUT2D eigenvalue weighted by Gasteiger charge is -2.25. The van der Waals surface area contributed by atoms with Crippen LogP contribution in [0.5, 0.6) is 0 Å². The number of anilines is 2. The van der Waals surface area contributed by atoms with Crippen LogP contribution in [0.1, 0.15) is 48.6 Å². The molecule has 9 nitrogen and oxygen atoms in total. The molecule has 49 heavy (non-hydrogen) atoms. The van der Waals surface area contributed by atoms with Crippen molar-refractivity contribution < 1.29 is 14.4 Å². The number of nitrogens with zero attached hydrogens (tertiary/aromatic N) is 3. The predicted molar refractivity (Wildman–Crippen MR) is 206 cm³/mol. The van der Waals surface area contributed by atoms with E-state index in [4.69, 9.17) is 14.8 Å². The number of thiophene rings is 2. The quantitative estimate of drug-likeness (QED) is 0.153. The lowest BCUT2D eigenvalue weighted by Crippen LogP contribution is -2.29. The van der Waals surface area contributed by atoms with Crippen LogP contribution in [0.2, 0.25) is 0 Å². The van der Waals surface area contributed by atoms with E-state index in [1.807, 2.05) is 36.4 Å². The SMILES string of the molecule is CC(=O)Nc1sc2c(c1-c1nc3ccccc3s1)CCNC2.CC=O.CCN1CCc2c(sc(NC(C)=O)c2-c2nc3ccccc3s2)C1. The molecule has 254 valence electrons. The van der Waals surface area contributed by atoms with Crippen LogP contribution in [-0.4, -0.2) is 52.6 Å². The maximum absolute atomic E-state index is 11.7. The predicted octanol–water partition coefficient (Wildman–Crippen LogP) is 8.20. The number of nitrogens with one attached hydrogen (secondary N) is 3. The normalized spacial score (nSPS) is 13.8. The van der Waals surface area contributed by atoms with Gasteiger partial charge in [0.2, 0.25) is 11.8 Å². The molecule has 0 saturated carbocycles. The van der Waals surface area contributed by atoms with Crippen LogP contribution in [0.3, 0.4) is 0 Å². The molecule has 2 aliphatic rings. The summed E-state index contributed by atoms with van der Waals surface area (Å²) in [4.78, 5) is 46.8. The molecule has 8 rings (SSSR count). The van der Waals surface area contributed by atoms with E-state index in [2.05, 4.69) is 39.9 Å². The first-order valence-electron chi connectivity index (χ1n) is 16.2. The molecule has 0 fully saturated rings. The molecule has 2 aromatic carbocycles. The molecular weight excluding hydrogens is 693 g/mol. The Morgan fingerprint density at radius 2 is 1.33 bits per heavy atom. The first kappa shape index (κ1) is 35.0. The van der Waals surface area contributed by atoms with Crippen molar-refractivity contribution in [3.05, 3.63) is 69.4 Å². The van der Waals surface area contributed by atoms with Crippen molar-refractivity contribution in [2.24, 2.45) is 0 Å². The van der Waals surface area contributed by atoms with Crippen LogP contribution >= 0.6 is 45.3 Å². The summed E-state index contributed by atoms with van der Waals surface area (Å²) in [5, 5.41) is 13.3. The topological polar surface area (TPSA) is 116 Å². The molecule has 0 spiro atoms. The van der Waals surface area contributed by atoms with Gasteiger partial charge in [-0.05, 0) is 68.2 Å². The number of amides is 2. The maximum Gasteiger partial charge on any atom is 0.221 e. The van der Waals surface area contributed by atoms with Gasteiger partial charge >= 0.3 is 0 Å². The van der Waals surface area contributed by atoms with Crippen molar-refractivity contribution in [2.75, 3.05) is 30.3 Å². The second-order valence-electron chi connectivity index (χ2n) is 11.5. The molecule has 0 aliphatic carbocycles. The molecule has 0 radical (unpaired) electrons. The third-order valence-corrected chi connectivity index (χ3v) is 12.5. The van der Waals surface area contributed by atoms with Gasteiger partial charge in [-0.1, -0.05) is 31.2 Å². The largest absolute Gasteiger partial charge is 0.317 e. The number of hydrogen-bond acceptors (Lipinski definition) is 11. The van der Waals surface area contributed by atoms with Crippen molar-refractivity contribution in [3.8, 4) is 21.1 Å². The number of likely N-dealkylation sites (N-methyl/N-ethyl adjacent to an activating group) is 1. The number of benzene rings is 2. The van der Waals surface area contributed by atoms with E-state index < -0.39 is 0 Å².